The molecule has 3 rings (SSSR count). The van der Waals surface area contributed by atoms with Gasteiger partial charge < -0.3 is 4.74 Å². The molecule has 30 heavy (non-hydrogen) atoms. The SMILES string of the molecule is CCCCCCCCCCOc1ccc(-c2ccc(C3CC[CH]CC3)cc2)cc1Br. The van der Waals surface area contributed by atoms with Gasteiger partial charge in [-0.3, -0.25) is 0 Å². The van der Waals surface area contributed by atoms with Gasteiger partial charge in [-0.05, 0) is 89.2 Å². The van der Waals surface area contributed by atoms with Gasteiger partial charge in [-0.1, -0.05) is 82.2 Å². The molecule has 0 aromatic heterocycles. The highest BCUT2D eigenvalue weighted by molar-refractivity contribution is 9.10. The molecule has 1 aliphatic carbocycles. The van der Waals surface area contributed by atoms with Crippen molar-refractivity contribution < 1.29 is 4.74 Å². The lowest BCUT2D eigenvalue weighted by molar-refractivity contribution is 0.302. The van der Waals surface area contributed by atoms with Crippen LogP contribution in [-0.2, 0) is 0 Å². The number of unbranched alkanes of at least 4 members (excludes halogenated alkanes) is 7. The van der Waals surface area contributed by atoms with Crippen LogP contribution in [0, 0.1) is 6.42 Å². The van der Waals surface area contributed by atoms with E-state index in [-0.39, 0.29) is 0 Å². The topological polar surface area (TPSA) is 9.23 Å². The summed E-state index contributed by atoms with van der Waals surface area (Å²) in [6.07, 6.45) is 18.2. The second kappa shape index (κ2) is 13.2. The number of benzene rings is 2. The zero-order valence-electron chi connectivity index (χ0n) is 18.7. The molecule has 1 fully saturated rings. The molecule has 163 valence electrons. The van der Waals surface area contributed by atoms with Crippen LogP contribution in [0.5, 0.6) is 5.75 Å². The van der Waals surface area contributed by atoms with Gasteiger partial charge >= 0.3 is 0 Å². The smallest absolute Gasteiger partial charge is 0.133 e. The fourth-order valence-electron chi connectivity index (χ4n) is 4.42. The Morgan fingerprint density at radius 1 is 0.800 bits per heavy atom. The Bertz CT molecular complexity index is 731. The lowest BCUT2D eigenvalue weighted by Crippen LogP contribution is -2.04. The Morgan fingerprint density at radius 3 is 2.10 bits per heavy atom. The molecule has 0 amide bonds. The largest absolute Gasteiger partial charge is 0.492 e. The summed E-state index contributed by atoms with van der Waals surface area (Å²) in [7, 11) is 0. The highest BCUT2D eigenvalue weighted by Crippen LogP contribution is 2.35. The molecule has 2 heteroatoms. The van der Waals surface area contributed by atoms with Crippen molar-refractivity contribution in [3.05, 3.63) is 58.9 Å². The fourth-order valence-corrected chi connectivity index (χ4v) is 4.92. The van der Waals surface area contributed by atoms with Crippen LogP contribution < -0.4 is 4.74 Å². The molecule has 2 aromatic rings. The van der Waals surface area contributed by atoms with E-state index in [0.717, 1.165) is 29.2 Å². The van der Waals surface area contributed by atoms with E-state index in [0.29, 0.717) is 0 Å². The first-order chi connectivity index (χ1) is 14.8. The maximum Gasteiger partial charge on any atom is 0.133 e. The highest BCUT2D eigenvalue weighted by Gasteiger charge is 2.15. The normalized spacial score (nSPS) is 14.7. The van der Waals surface area contributed by atoms with Crippen LogP contribution in [0.2, 0.25) is 0 Å². The molecule has 0 aliphatic heterocycles. The standard InChI is InChI=1S/C28H38BrO/c1-2-3-4-5-6-7-8-12-21-30-28-20-19-26(22-27(28)29)25-17-15-24(16-18-25)23-13-10-9-11-14-23/h9,15-20,22-23H,2-8,10-14,21H2,1H3. The lowest BCUT2D eigenvalue weighted by atomic mass is 9.84. The van der Waals surface area contributed by atoms with Crippen LogP contribution in [0.25, 0.3) is 11.1 Å². The van der Waals surface area contributed by atoms with E-state index in [1.54, 1.807) is 0 Å². The van der Waals surface area contributed by atoms with Gasteiger partial charge in [0.25, 0.3) is 0 Å². The van der Waals surface area contributed by atoms with E-state index in [2.05, 4.69) is 71.7 Å². The van der Waals surface area contributed by atoms with Gasteiger partial charge in [0.2, 0.25) is 0 Å². The average molecular weight is 471 g/mol. The molecule has 1 saturated carbocycles. The minimum absolute atomic E-state index is 0.739. The molecule has 0 atom stereocenters. The van der Waals surface area contributed by atoms with E-state index < -0.39 is 0 Å². The summed E-state index contributed by atoms with van der Waals surface area (Å²) in [6.45, 7) is 3.08. The van der Waals surface area contributed by atoms with Crippen molar-refractivity contribution in [1.29, 1.82) is 0 Å². The Kier molecular flexibility index (Phi) is 10.3. The summed E-state index contributed by atoms with van der Waals surface area (Å²) < 4.78 is 7.07. The Morgan fingerprint density at radius 2 is 1.43 bits per heavy atom. The van der Waals surface area contributed by atoms with Crippen molar-refractivity contribution in [3.8, 4) is 16.9 Å². The Labute approximate surface area is 192 Å². The van der Waals surface area contributed by atoms with Crippen LogP contribution in [0.4, 0.5) is 0 Å². The molecule has 0 unspecified atom stereocenters. The zero-order chi connectivity index (χ0) is 21.0. The first kappa shape index (κ1) is 23.4. The summed E-state index contributed by atoms with van der Waals surface area (Å²) in [5.74, 6) is 1.69. The van der Waals surface area contributed by atoms with Gasteiger partial charge in [-0.15, -0.1) is 0 Å². The van der Waals surface area contributed by atoms with Gasteiger partial charge in [0.1, 0.15) is 5.75 Å². The monoisotopic (exact) mass is 469 g/mol. The maximum absolute atomic E-state index is 6.02. The van der Waals surface area contributed by atoms with Crippen molar-refractivity contribution in [2.75, 3.05) is 6.61 Å². The molecular weight excluding hydrogens is 432 g/mol. The third-order valence-corrected chi connectivity index (χ3v) is 6.96. The average Bonchev–Trinajstić information content (AvgIpc) is 2.79. The van der Waals surface area contributed by atoms with Crippen LogP contribution in [-0.4, -0.2) is 6.61 Å². The van der Waals surface area contributed by atoms with E-state index in [1.807, 2.05) is 0 Å². The number of rotatable bonds is 12. The number of ether oxygens (including phenoxy) is 1. The van der Waals surface area contributed by atoms with E-state index in [4.69, 9.17) is 4.74 Å². The maximum atomic E-state index is 6.02. The predicted molar refractivity (Wildman–Crippen MR) is 133 cm³/mol. The Balaban J connectivity index is 1.43. The van der Waals surface area contributed by atoms with Gasteiger partial charge in [0.15, 0.2) is 0 Å². The molecule has 1 nitrogen and oxygen atoms in total. The highest BCUT2D eigenvalue weighted by atomic mass is 79.9. The second-order valence-electron chi connectivity index (χ2n) is 8.73. The Hall–Kier alpha value is -1.28. The minimum Gasteiger partial charge on any atom is -0.492 e. The number of hydrogen-bond acceptors (Lipinski definition) is 1. The number of halogens is 1. The van der Waals surface area contributed by atoms with Crippen LogP contribution in [0.1, 0.15) is 95.5 Å². The minimum atomic E-state index is 0.739. The van der Waals surface area contributed by atoms with Crippen molar-refractivity contribution in [1.82, 2.24) is 0 Å². The van der Waals surface area contributed by atoms with Crippen LogP contribution in [0.3, 0.4) is 0 Å². The summed E-state index contributed by atoms with van der Waals surface area (Å²) in [5.41, 5.74) is 4.01. The molecule has 0 saturated heterocycles. The molecule has 0 heterocycles. The van der Waals surface area contributed by atoms with E-state index in [1.165, 1.54) is 87.3 Å². The van der Waals surface area contributed by atoms with Crippen molar-refractivity contribution in [2.45, 2.75) is 89.9 Å². The summed E-state index contributed by atoms with van der Waals surface area (Å²) in [5, 5.41) is 0. The number of hydrogen-bond donors (Lipinski definition) is 0. The first-order valence-electron chi connectivity index (χ1n) is 12.1. The van der Waals surface area contributed by atoms with Crippen molar-refractivity contribution >= 4 is 15.9 Å². The molecule has 0 N–H and O–H groups in total. The predicted octanol–water partition coefficient (Wildman–Crippen LogP) is 9.50. The fraction of sp³-hybridized carbons (Fsp3) is 0.536. The van der Waals surface area contributed by atoms with Gasteiger partial charge in [-0.25, -0.2) is 0 Å². The third-order valence-electron chi connectivity index (χ3n) is 6.34. The van der Waals surface area contributed by atoms with Gasteiger partial charge in [0, 0.05) is 0 Å². The molecule has 2 aromatic carbocycles. The summed E-state index contributed by atoms with van der Waals surface area (Å²) in [6, 6.07) is 15.7. The lowest BCUT2D eigenvalue weighted by Gasteiger charge is -2.22. The van der Waals surface area contributed by atoms with Gasteiger partial charge in [-0.2, -0.15) is 0 Å². The van der Waals surface area contributed by atoms with Gasteiger partial charge in [0.05, 0.1) is 11.1 Å². The quantitative estimate of drug-likeness (QED) is 0.281. The summed E-state index contributed by atoms with van der Waals surface area (Å²) >= 11 is 3.71. The molecule has 0 spiro atoms. The molecule has 0 bridgehead atoms. The third kappa shape index (κ3) is 7.45. The molecule has 1 aliphatic rings. The van der Waals surface area contributed by atoms with E-state index in [9.17, 15) is 0 Å². The van der Waals surface area contributed by atoms with E-state index >= 15 is 0 Å². The van der Waals surface area contributed by atoms with Crippen LogP contribution in [0.15, 0.2) is 46.9 Å². The van der Waals surface area contributed by atoms with Crippen molar-refractivity contribution in [2.24, 2.45) is 0 Å². The van der Waals surface area contributed by atoms with Crippen molar-refractivity contribution in [3.63, 3.8) is 0 Å². The first-order valence-corrected chi connectivity index (χ1v) is 12.9. The summed E-state index contributed by atoms with van der Waals surface area (Å²) in [4.78, 5) is 0. The second-order valence-corrected chi connectivity index (χ2v) is 9.59. The van der Waals surface area contributed by atoms with Crippen LogP contribution >= 0.6 is 15.9 Å². The molecule has 1 radical (unpaired) electrons. The zero-order valence-corrected chi connectivity index (χ0v) is 20.3. The molecular formula is C28H38BrO.